The predicted octanol–water partition coefficient (Wildman–Crippen LogP) is 5.27. The van der Waals surface area contributed by atoms with Gasteiger partial charge in [-0.1, -0.05) is 54.1 Å². The lowest BCUT2D eigenvalue weighted by atomic mass is 10.1. The molecule has 1 unspecified atom stereocenters. The lowest BCUT2D eigenvalue weighted by Gasteiger charge is -2.33. The fourth-order valence-electron chi connectivity index (χ4n) is 3.64. The first-order valence-electron chi connectivity index (χ1n) is 10.6. The van der Waals surface area contributed by atoms with Gasteiger partial charge in [0.15, 0.2) is 6.10 Å². The number of carbonyl (C=O) groups is 2. The summed E-state index contributed by atoms with van der Waals surface area (Å²) >= 11 is 0. The van der Waals surface area contributed by atoms with E-state index in [-0.39, 0.29) is 11.8 Å². The first kappa shape index (κ1) is 21.4. The molecule has 1 aliphatic rings. The number of carbonyl (C=O) groups excluding carboxylic acids is 2. The number of nitrogens with one attached hydrogen (secondary N) is 1. The normalized spacial score (nSPS) is 15.4. The molecule has 3 aromatic carbocycles. The van der Waals surface area contributed by atoms with Crippen molar-refractivity contribution in [1.82, 2.24) is 0 Å². The van der Waals surface area contributed by atoms with E-state index in [4.69, 9.17) is 4.74 Å². The van der Waals surface area contributed by atoms with Crippen LogP contribution in [0.1, 0.15) is 29.2 Å². The molecule has 5 nitrogen and oxygen atoms in total. The van der Waals surface area contributed by atoms with Crippen molar-refractivity contribution < 1.29 is 14.3 Å². The number of hydrogen-bond donors (Lipinski definition) is 1. The van der Waals surface area contributed by atoms with E-state index in [1.165, 1.54) is 11.6 Å². The molecule has 0 spiro atoms. The Balaban J connectivity index is 1.55. The van der Waals surface area contributed by atoms with E-state index in [1.54, 1.807) is 36.1 Å². The van der Waals surface area contributed by atoms with Crippen LogP contribution in [0.25, 0.3) is 6.08 Å². The van der Waals surface area contributed by atoms with E-state index in [1.807, 2.05) is 62.4 Å². The maximum Gasteiger partial charge on any atom is 0.268 e. The number of hydrogen-bond acceptors (Lipinski definition) is 3. The van der Waals surface area contributed by atoms with Gasteiger partial charge in [-0.05, 0) is 61.7 Å². The van der Waals surface area contributed by atoms with E-state index in [0.717, 1.165) is 16.7 Å². The van der Waals surface area contributed by atoms with Crippen LogP contribution in [0.4, 0.5) is 11.4 Å². The third kappa shape index (κ3) is 4.72. The predicted molar refractivity (Wildman–Crippen MR) is 128 cm³/mol. The molecule has 3 aromatic rings. The molecule has 162 valence electrons. The third-order valence-electron chi connectivity index (χ3n) is 5.53. The fourth-order valence-corrected chi connectivity index (χ4v) is 3.64. The topological polar surface area (TPSA) is 58.6 Å². The zero-order valence-corrected chi connectivity index (χ0v) is 18.5. The Labute approximate surface area is 188 Å². The second-order valence-corrected chi connectivity index (χ2v) is 8.03. The zero-order valence-electron chi connectivity index (χ0n) is 18.5. The smallest absolute Gasteiger partial charge is 0.268 e. The average molecular weight is 427 g/mol. The molecule has 1 heterocycles. The standard InChI is InChI=1S/C27H26N2O3/c1-18-8-10-21(11-9-18)12-15-26(30)28-23-13-14-25-24(16-23)29(27(31)20(3)32-25)17-22-7-5-4-6-19(22)2/h4-16,20H,17H2,1-3H3,(H,28,30)/b15-12+. The van der Waals surface area contributed by atoms with E-state index in [2.05, 4.69) is 5.32 Å². The second kappa shape index (κ2) is 9.10. The van der Waals surface area contributed by atoms with E-state index >= 15 is 0 Å². The van der Waals surface area contributed by atoms with Crippen molar-refractivity contribution in [2.75, 3.05) is 10.2 Å². The van der Waals surface area contributed by atoms with Crippen LogP contribution in [0.3, 0.4) is 0 Å². The molecule has 1 N–H and O–H groups in total. The van der Waals surface area contributed by atoms with Crippen LogP contribution < -0.4 is 15.0 Å². The molecule has 4 rings (SSSR count). The van der Waals surface area contributed by atoms with Gasteiger partial charge in [-0.15, -0.1) is 0 Å². The van der Waals surface area contributed by atoms with Gasteiger partial charge < -0.3 is 15.0 Å². The Morgan fingerprint density at radius 1 is 1.06 bits per heavy atom. The van der Waals surface area contributed by atoms with Gasteiger partial charge in [0.2, 0.25) is 5.91 Å². The lowest BCUT2D eigenvalue weighted by Crippen LogP contribution is -2.44. The first-order valence-corrected chi connectivity index (χ1v) is 10.6. The highest BCUT2D eigenvalue weighted by atomic mass is 16.5. The number of amides is 2. The summed E-state index contributed by atoms with van der Waals surface area (Å²) in [4.78, 5) is 27.1. The van der Waals surface area contributed by atoms with Crippen LogP contribution in [0.5, 0.6) is 5.75 Å². The van der Waals surface area contributed by atoms with Crippen molar-refractivity contribution in [1.29, 1.82) is 0 Å². The van der Waals surface area contributed by atoms with E-state index in [0.29, 0.717) is 23.7 Å². The van der Waals surface area contributed by atoms with Gasteiger partial charge in [0, 0.05) is 11.8 Å². The number of anilines is 2. The zero-order chi connectivity index (χ0) is 22.7. The Morgan fingerprint density at radius 2 is 1.81 bits per heavy atom. The molecule has 0 saturated carbocycles. The number of rotatable bonds is 5. The van der Waals surface area contributed by atoms with Gasteiger partial charge in [-0.3, -0.25) is 9.59 Å². The summed E-state index contributed by atoms with van der Waals surface area (Å²) in [5.74, 6) is 0.273. The highest BCUT2D eigenvalue weighted by molar-refractivity contribution is 6.04. The number of nitrogens with zero attached hydrogens (tertiary/aromatic N) is 1. The molecular formula is C27H26N2O3. The van der Waals surface area contributed by atoms with Crippen LogP contribution in [0, 0.1) is 13.8 Å². The quantitative estimate of drug-likeness (QED) is 0.566. The number of aryl methyl sites for hydroxylation is 2. The van der Waals surface area contributed by atoms with Crippen molar-refractivity contribution in [3.63, 3.8) is 0 Å². The van der Waals surface area contributed by atoms with Crippen LogP contribution in [0.15, 0.2) is 72.8 Å². The van der Waals surface area contributed by atoms with Gasteiger partial charge >= 0.3 is 0 Å². The molecule has 1 atom stereocenters. The molecule has 0 aliphatic carbocycles. The van der Waals surface area contributed by atoms with Crippen molar-refractivity contribution in [2.45, 2.75) is 33.4 Å². The maximum atomic E-state index is 12.9. The minimum Gasteiger partial charge on any atom is -0.479 e. The Hall–Kier alpha value is -3.86. The molecule has 2 amide bonds. The SMILES string of the molecule is Cc1ccc(/C=C/C(=O)Nc2ccc3c(c2)N(Cc2ccccc2C)C(=O)C(C)O3)cc1. The summed E-state index contributed by atoms with van der Waals surface area (Å²) in [6, 6.07) is 21.3. The molecule has 0 saturated heterocycles. The van der Waals surface area contributed by atoms with Crippen molar-refractivity contribution >= 4 is 29.3 Å². The summed E-state index contributed by atoms with van der Waals surface area (Å²) in [6.07, 6.45) is 2.70. The average Bonchev–Trinajstić information content (AvgIpc) is 2.78. The molecule has 0 radical (unpaired) electrons. The number of fused-ring (bicyclic) bond motifs is 1. The van der Waals surface area contributed by atoms with Crippen molar-refractivity contribution in [3.8, 4) is 5.75 Å². The van der Waals surface area contributed by atoms with E-state index < -0.39 is 6.10 Å². The molecule has 0 fully saturated rings. The van der Waals surface area contributed by atoms with Crippen LogP contribution in [-0.2, 0) is 16.1 Å². The largest absolute Gasteiger partial charge is 0.479 e. The highest BCUT2D eigenvalue weighted by Crippen LogP contribution is 2.37. The first-order chi connectivity index (χ1) is 15.4. The Kier molecular flexibility index (Phi) is 6.08. The Bertz CT molecular complexity index is 1180. The molecule has 1 aliphatic heterocycles. The van der Waals surface area contributed by atoms with E-state index in [9.17, 15) is 9.59 Å². The van der Waals surface area contributed by atoms with Crippen molar-refractivity contribution in [3.05, 3.63) is 95.1 Å². The van der Waals surface area contributed by atoms with Crippen LogP contribution in [0.2, 0.25) is 0 Å². The third-order valence-corrected chi connectivity index (χ3v) is 5.53. The van der Waals surface area contributed by atoms with Gasteiger partial charge in [0.05, 0.1) is 12.2 Å². The fraction of sp³-hybridized carbons (Fsp3) is 0.185. The highest BCUT2D eigenvalue weighted by Gasteiger charge is 2.32. The number of benzene rings is 3. The van der Waals surface area contributed by atoms with Gasteiger partial charge in [-0.25, -0.2) is 0 Å². The summed E-state index contributed by atoms with van der Waals surface area (Å²) < 4.78 is 5.80. The minimum atomic E-state index is -0.565. The summed E-state index contributed by atoms with van der Waals surface area (Å²) in [6.45, 7) is 6.24. The van der Waals surface area contributed by atoms with Crippen LogP contribution >= 0.6 is 0 Å². The monoisotopic (exact) mass is 426 g/mol. The molecule has 5 heteroatoms. The molecule has 32 heavy (non-hydrogen) atoms. The summed E-state index contributed by atoms with van der Waals surface area (Å²) in [7, 11) is 0. The second-order valence-electron chi connectivity index (χ2n) is 8.03. The minimum absolute atomic E-state index is 0.108. The maximum absolute atomic E-state index is 12.9. The Morgan fingerprint density at radius 3 is 2.56 bits per heavy atom. The van der Waals surface area contributed by atoms with Crippen LogP contribution in [-0.4, -0.2) is 17.9 Å². The van der Waals surface area contributed by atoms with Gasteiger partial charge in [0.25, 0.3) is 5.91 Å². The molecule has 0 aromatic heterocycles. The number of ether oxygens (including phenoxy) is 1. The summed E-state index contributed by atoms with van der Waals surface area (Å²) in [5.41, 5.74) is 5.55. The van der Waals surface area contributed by atoms with Crippen molar-refractivity contribution in [2.24, 2.45) is 0 Å². The summed E-state index contributed by atoms with van der Waals surface area (Å²) in [5, 5.41) is 2.88. The lowest BCUT2D eigenvalue weighted by molar-refractivity contribution is -0.125. The van der Waals surface area contributed by atoms with Gasteiger partial charge in [0.1, 0.15) is 5.75 Å². The van der Waals surface area contributed by atoms with Gasteiger partial charge in [-0.2, -0.15) is 0 Å². The molecule has 0 bridgehead atoms. The molecular weight excluding hydrogens is 400 g/mol.